The Kier molecular flexibility index (Phi) is 7.78. The van der Waals surface area contributed by atoms with Crippen molar-refractivity contribution in [2.75, 3.05) is 11.6 Å². The fourth-order valence-corrected chi connectivity index (χ4v) is 3.59. The van der Waals surface area contributed by atoms with Gasteiger partial charge in [-0.05, 0) is 29.2 Å². The first-order valence-electron chi connectivity index (χ1n) is 10.7. The van der Waals surface area contributed by atoms with Gasteiger partial charge in [-0.15, -0.1) is 0 Å². The summed E-state index contributed by atoms with van der Waals surface area (Å²) in [4.78, 5) is 50.5. The second-order valence-electron chi connectivity index (χ2n) is 8.09. The van der Waals surface area contributed by atoms with E-state index in [2.05, 4.69) is 5.32 Å². The van der Waals surface area contributed by atoms with Crippen LogP contribution >= 0.6 is 0 Å². The molecule has 3 rings (SSSR count). The van der Waals surface area contributed by atoms with Gasteiger partial charge in [-0.1, -0.05) is 62.4 Å². The minimum atomic E-state index is -1.57. The number of para-hydroxylation sites is 2. The molecular formula is C25H25FN2O6. The lowest BCUT2D eigenvalue weighted by Crippen LogP contribution is -2.50. The summed E-state index contributed by atoms with van der Waals surface area (Å²) >= 11 is 0. The van der Waals surface area contributed by atoms with Gasteiger partial charge in [-0.25, -0.2) is 14.1 Å². The van der Waals surface area contributed by atoms with Crippen LogP contribution in [0.2, 0.25) is 0 Å². The van der Waals surface area contributed by atoms with Gasteiger partial charge in [0.2, 0.25) is 0 Å². The molecule has 0 radical (unpaired) electrons. The van der Waals surface area contributed by atoms with E-state index < -0.39 is 54.9 Å². The number of ether oxygens (including phenoxy) is 1. The van der Waals surface area contributed by atoms with Crippen molar-refractivity contribution in [2.45, 2.75) is 32.4 Å². The molecule has 2 unspecified atom stereocenters. The lowest BCUT2D eigenvalue weighted by Gasteiger charge is -2.28. The Bertz CT molecular complexity index is 1080. The van der Waals surface area contributed by atoms with Gasteiger partial charge in [0.1, 0.15) is 12.7 Å². The summed E-state index contributed by atoms with van der Waals surface area (Å²) in [6, 6.07) is 12.8. The number of anilines is 2. The first kappa shape index (κ1) is 24.6. The maximum Gasteiger partial charge on any atom is 0.419 e. The molecule has 2 atom stereocenters. The fourth-order valence-electron chi connectivity index (χ4n) is 3.59. The molecule has 0 aliphatic carbocycles. The second kappa shape index (κ2) is 10.7. The van der Waals surface area contributed by atoms with Gasteiger partial charge in [0.15, 0.2) is 11.9 Å². The number of carbonyl (C=O) groups is 4. The minimum absolute atomic E-state index is 0.523. The summed E-state index contributed by atoms with van der Waals surface area (Å²) < 4.78 is 18.5. The highest BCUT2D eigenvalue weighted by atomic mass is 19.1. The number of hydrogen-bond donors (Lipinski definition) is 2. The molecule has 2 amide bonds. The van der Waals surface area contributed by atoms with Crippen molar-refractivity contribution in [3.63, 3.8) is 0 Å². The highest BCUT2D eigenvalue weighted by molar-refractivity contribution is 6.04. The number of carbonyl (C=O) groups excluding carboxylic acids is 3. The van der Waals surface area contributed by atoms with E-state index in [1.54, 1.807) is 38.1 Å². The molecule has 178 valence electrons. The van der Waals surface area contributed by atoms with Crippen molar-refractivity contribution < 1.29 is 33.4 Å². The van der Waals surface area contributed by atoms with Crippen molar-refractivity contribution in [2.24, 2.45) is 5.92 Å². The lowest BCUT2D eigenvalue weighted by molar-refractivity contribution is -0.141. The summed E-state index contributed by atoms with van der Waals surface area (Å²) in [6.07, 6.45) is 0.766. The summed E-state index contributed by atoms with van der Waals surface area (Å²) in [6.45, 7) is 1.83. The molecule has 0 saturated carbocycles. The summed E-state index contributed by atoms with van der Waals surface area (Å²) in [5.74, 6) is -3.86. The smallest absolute Gasteiger partial charge is 0.419 e. The predicted molar refractivity (Wildman–Crippen MR) is 124 cm³/mol. The molecule has 2 aromatic carbocycles. The summed E-state index contributed by atoms with van der Waals surface area (Å²) in [5, 5.41) is 11.2. The number of ketones is 1. The number of halogens is 1. The van der Waals surface area contributed by atoms with E-state index in [0.29, 0.717) is 11.4 Å². The average Bonchev–Trinajstić information content (AvgIpc) is 2.97. The number of carboxylic acids is 1. The molecule has 2 aromatic rings. The van der Waals surface area contributed by atoms with Crippen LogP contribution in [0.3, 0.4) is 0 Å². The zero-order chi connectivity index (χ0) is 24.8. The Balaban J connectivity index is 1.90. The normalized spacial score (nSPS) is 13.8. The highest BCUT2D eigenvalue weighted by Gasteiger charge is 2.34. The topological polar surface area (TPSA) is 113 Å². The first-order valence-corrected chi connectivity index (χ1v) is 10.7. The third-order valence-corrected chi connectivity index (χ3v) is 5.29. The minimum Gasteiger partial charge on any atom is -0.481 e. The number of amides is 2. The number of aliphatic carboxylic acids is 1. The van der Waals surface area contributed by atoms with E-state index in [1.807, 2.05) is 36.4 Å². The van der Waals surface area contributed by atoms with Crippen molar-refractivity contribution >= 4 is 47.3 Å². The van der Waals surface area contributed by atoms with Gasteiger partial charge < -0.3 is 15.2 Å². The van der Waals surface area contributed by atoms with Crippen LogP contribution in [0.5, 0.6) is 0 Å². The number of nitrogens with zero attached hydrogens (tertiary/aromatic N) is 1. The molecule has 34 heavy (non-hydrogen) atoms. The zero-order valence-electron chi connectivity index (χ0n) is 18.7. The lowest BCUT2D eigenvalue weighted by atomic mass is 10.0. The molecule has 1 aliphatic heterocycles. The van der Waals surface area contributed by atoms with Crippen LogP contribution < -0.4 is 10.2 Å². The number of Topliss-reactive ketones (excluding diaryl/α,β-unsaturated/α-hetero) is 1. The van der Waals surface area contributed by atoms with Gasteiger partial charge >= 0.3 is 12.1 Å². The average molecular weight is 468 g/mol. The van der Waals surface area contributed by atoms with E-state index in [9.17, 15) is 23.6 Å². The van der Waals surface area contributed by atoms with Crippen LogP contribution in [-0.4, -0.2) is 47.7 Å². The maximum absolute atomic E-state index is 13.4. The van der Waals surface area contributed by atoms with Crippen LogP contribution in [-0.2, 0) is 19.1 Å². The number of fused-ring (bicyclic) bond motifs is 2. The Morgan fingerprint density at radius 3 is 1.97 bits per heavy atom. The number of benzene rings is 2. The third-order valence-electron chi connectivity index (χ3n) is 5.29. The molecular weight excluding hydrogens is 443 g/mol. The number of nitrogens with one attached hydrogen (secondary N) is 1. The Hall–Kier alpha value is -4.01. The molecule has 9 heteroatoms. The molecule has 0 bridgehead atoms. The van der Waals surface area contributed by atoms with Crippen LogP contribution in [0.4, 0.5) is 20.6 Å². The SMILES string of the molecule is CC(C)C(OC(=O)N1c2ccccc2C=Cc2ccccc21)C(=O)NC(CC(=O)O)C(=O)CF. The van der Waals surface area contributed by atoms with E-state index >= 15 is 0 Å². The van der Waals surface area contributed by atoms with Crippen molar-refractivity contribution in [1.29, 1.82) is 0 Å². The molecule has 0 fully saturated rings. The number of rotatable bonds is 8. The molecule has 0 saturated heterocycles. The zero-order valence-corrected chi connectivity index (χ0v) is 18.7. The van der Waals surface area contributed by atoms with Gasteiger partial charge in [0.05, 0.1) is 17.8 Å². The number of alkyl halides is 1. The highest BCUT2D eigenvalue weighted by Crippen LogP contribution is 2.37. The molecule has 0 aromatic heterocycles. The Morgan fingerprint density at radius 2 is 1.50 bits per heavy atom. The third kappa shape index (κ3) is 5.48. The molecule has 1 heterocycles. The Labute approximate surface area is 196 Å². The van der Waals surface area contributed by atoms with Gasteiger partial charge in [-0.2, -0.15) is 0 Å². The molecule has 8 nitrogen and oxygen atoms in total. The molecule has 0 spiro atoms. The monoisotopic (exact) mass is 468 g/mol. The van der Waals surface area contributed by atoms with E-state index in [4.69, 9.17) is 9.84 Å². The van der Waals surface area contributed by atoms with Crippen molar-refractivity contribution in [1.82, 2.24) is 5.32 Å². The first-order chi connectivity index (χ1) is 16.2. The predicted octanol–water partition coefficient (Wildman–Crippen LogP) is 3.97. The molecule has 2 N–H and O–H groups in total. The van der Waals surface area contributed by atoms with E-state index in [1.165, 1.54) is 4.90 Å². The van der Waals surface area contributed by atoms with Crippen LogP contribution in [0.1, 0.15) is 31.4 Å². The van der Waals surface area contributed by atoms with Crippen LogP contribution in [0, 0.1) is 5.92 Å². The fraction of sp³-hybridized carbons (Fsp3) is 0.280. The second-order valence-corrected chi connectivity index (χ2v) is 8.09. The maximum atomic E-state index is 13.4. The van der Waals surface area contributed by atoms with Crippen molar-refractivity contribution in [3.05, 3.63) is 59.7 Å². The summed E-state index contributed by atoms with van der Waals surface area (Å²) in [5.41, 5.74) is 2.62. The van der Waals surface area contributed by atoms with Crippen LogP contribution in [0.15, 0.2) is 48.5 Å². The Morgan fingerprint density at radius 1 is 0.971 bits per heavy atom. The molecule has 1 aliphatic rings. The summed E-state index contributed by atoms with van der Waals surface area (Å²) in [7, 11) is 0. The number of hydrogen-bond acceptors (Lipinski definition) is 5. The van der Waals surface area contributed by atoms with Gasteiger partial charge in [-0.3, -0.25) is 14.4 Å². The van der Waals surface area contributed by atoms with Crippen LogP contribution in [0.25, 0.3) is 12.2 Å². The van der Waals surface area contributed by atoms with Crippen molar-refractivity contribution in [3.8, 4) is 0 Å². The standard InChI is InChI=1S/C25H25FN2O6/c1-15(2)23(24(32)27-18(13-22(30)31)21(29)14-26)34-25(33)28-19-9-5-3-7-16(19)11-12-17-8-4-6-10-20(17)28/h3-12,15,18,23H,13-14H2,1-2H3,(H,27,32)(H,30,31). The quantitative estimate of drug-likeness (QED) is 0.606. The van der Waals surface area contributed by atoms with Gasteiger partial charge in [0, 0.05) is 0 Å². The van der Waals surface area contributed by atoms with E-state index in [-0.39, 0.29) is 0 Å². The largest absolute Gasteiger partial charge is 0.481 e. The number of carboxylic acid groups (broad SMARTS) is 1. The van der Waals surface area contributed by atoms with E-state index in [0.717, 1.165) is 11.1 Å². The van der Waals surface area contributed by atoms with Gasteiger partial charge in [0.25, 0.3) is 5.91 Å².